The van der Waals surface area contributed by atoms with Gasteiger partial charge in [-0.25, -0.2) is 4.79 Å². The minimum absolute atomic E-state index is 0.364. The summed E-state index contributed by atoms with van der Waals surface area (Å²) in [6.07, 6.45) is 0. The molecule has 0 aliphatic rings. The number of rotatable bonds is 4. The highest BCUT2D eigenvalue weighted by Gasteiger charge is 2.09. The number of aromatic carboxylic acids is 1. The van der Waals surface area contributed by atoms with E-state index in [1.54, 1.807) is 23.9 Å². The summed E-state index contributed by atoms with van der Waals surface area (Å²) < 4.78 is 0. The Morgan fingerprint density at radius 2 is 2.00 bits per heavy atom. The number of carboxylic acid groups (broad SMARTS) is 1. The summed E-state index contributed by atoms with van der Waals surface area (Å²) in [4.78, 5) is 12.2. The van der Waals surface area contributed by atoms with Crippen LogP contribution in [0.2, 0.25) is 0 Å². The van der Waals surface area contributed by atoms with Gasteiger partial charge in [0.15, 0.2) is 0 Å². The summed E-state index contributed by atoms with van der Waals surface area (Å²) in [6, 6.07) is 12.8. The number of nitrogens with two attached hydrogens (primary N) is 1. The predicted molar refractivity (Wildman–Crippen MR) is 78.6 cm³/mol. The number of hydrogen-bond donors (Lipinski definition) is 2. The van der Waals surface area contributed by atoms with Crippen LogP contribution in [-0.4, -0.2) is 11.1 Å². The summed E-state index contributed by atoms with van der Waals surface area (Å²) in [5, 5.41) is 9.13. The van der Waals surface area contributed by atoms with Crippen LogP contribution in [0.25, 0.3) is 0 Å². The quantitative estimate of drug-likeness (QED) is 0.660. The van der Waals surface area contributed by atoms with Crippen molar-refractivity contribution in [2.75, 3.05) is 5.73 Å². The van der Waals surface area contributed by atoms with Gasteiger partial charge in [-0.2, -0.15) is 0 Å². The van der Waals surface area contributed by atoms with E-state index in [1.165, 1.54) is 0 Å². The van der Waals surface area contributed by atoms with E-state index in [9.17, 15) is 4.79 Å². The fourth-order valence-corrected chi connectivity index (χ4v) is 2.86. The zero-order valence-corrected chi connectivity index (χ0v) is 11.4. The van der Waals surface area contributed by atoms with Crippen molar-refractivity contribution < 1.29 is 9.90 Å². The fraction of sp³-hybridized carbons (Fsp3) is 0.133. The molecule has 0 bridgehead atoms. The van der Waals surface area contributed by atoms with Crippen molar-refractivity contribution in [1.82, 2.24) is 0 Å². The molecule has 2 rings (SSSR count). The zero-order chi connectivity index (χ0) is 13.8. The van der Waals surface area contributed by atoms with Gasteiger partial charge in [-0.1, -0.05) is 18.2 Å². The third-order valence-corrected chi connectivity index (χ3v) is 4.05. The van der Waals surface area contributed by atoms with E-state index in [4.69, 9.17) is 10.8 Å². The first-order valence-corrected chi connectivity index (χ1v) is 6.86. The molecule has 3 N–H and O–H groups in total. The molecule has 0 saturated heterocycles. The third kappa shape index (κ3) is 3.29. The highest BCUT2D eigenvalue weighted by molar-refractivity contribution is 7.98. The Bertz CT molecular complexity index is 611. The maximum absolute atomic E-state index is 11.1. The number of benzene rings is 2. The summed E-state index contributed by atoms with van der Waals surface area (Å²) in [6.45, 7) is 2.00. The Hall–Kier alpha value is -1.94. The van der Waals surface area contributed by atoms with Crippen LogP contribution in [0.15, 0.2) is 47.4 Å². The largest absolute Gasteiger partial charge is 0.478 e. The first-order chi connectivity index (χ1) is 9.08. The van der Waals surface area contributed by atoms with Gasteiger partial charge in [-0.05, 0) is 42.3 Å². The maximum Gasteiger partial charge on any atom is 0.335 e. The van der Waals surface area contributed by atoms with E-state index in [0.717, 1.165) is 21.7 Å². The fourth-order valence-electron chi connectivity index (χ4n) is 1.84. The lowest BCUT2D eigenvalue weighted by Gasteiger charge is -2.08. The predicted octanol–water partition coefficient (Wildman–Crippen LogP) is 3.57. The van der Waals surface area contributed by atoms with Gasteiger partial charge < -0.3 is 10.8 Å². The van der Waals surface area contributed by atoms with Crippen molar-refractivity contribution in [3.05, 3.63) is 59.2 Å². The summed E-state index contributed by atoms with van der Waals surface area (Å²) in [5.74, 6) is -0.252. The van der Waals surface area contributed by atoms with Gasteiger partial charge in [0.25, 0.3) is 0 Å². The molecule has 98 valence electrons. The standard InChI is InChI=1S/C15H15NO2S/c1-10-8-12(16)6-7-14(10)19-9-11-4-2-3-5-13(11)15(17)18/h2-8H,9,16H2,1H3,(H,17,18). The summed E-state index contributed by atoms with van der Waals surface area (Å²) in [7, 11) is 0. The van der Waals surface area contributed by atoms with E-state index in [2.05, 4.69) is 0 Å². The lowest BCUT2D eigenvalue weighted by Crippen LogP contribution is -2.01. The molecule has 4 heteroatoms. The first-order valence-electron chi connectivity index (χ1n) is 5.88. The van der Waals surface area contributed by atoms with Crippen LogP contribution in [0, 0.1) is 6.92 Å². The van der Waals surface area contributed by atoms with E-state index in [0.29, 0.717) is 11.3 Å². The molecule has 0 spiro atoms. The lowest BCUT2D eigenvalue weighted by molar-refractivity contribution is 0.0696. The highest BCUT2D eigenvalue weighted by atomic mass is 32.2. The Labute approximate surface area is 116 Å². The van der Waals surface area contributed by atoms with Crippen LogP contribution >= 0.6 is 11.8 Å². The molecule has 0 amide bonds. The average Bonchev–Trinajstić information content (AvgIpc) is 2.38. The summed E-state index contributed by atoms with van der Waals surface area (Å²) >= 11 is 1.62. The highest BCUT2D eigenvalue weighted by Crippen LogP contribution is 2.28. The normalized spacial score (nSPS) is 10.4. The van der Waals surface area contributed by atoms with E-state index >= 15 is 0 Å². The third-order valence-electron chi connectivity index (χ3n) is 2.83. The smallest absolute Gasteiger partial charge is 0.335 e. The Morgan fingerprint density at radius 1 is 1.26 bits per heavy atom. The van der Waals surface area contributed by atoms with Crippen LogP contribution in [0.1, 0.15) is 21.5 Å². The molecule has 0 fully saturated rings. The molecular weight excluding hydrogens is 258 g/mol. The number of carbonyl (C=O) groups is 1. The molecule has 0 atom stereocenters. The van der Waals surface area contributed by atoms with Crippen LogP contribution in [-0.2, 0) is 5.75 Å². The van der Waals surface area contributed by atoms with Gasteiger partial charge in [0.2, 0.25) is 0 Å². The maximum atomic E-state index is 11.1. The summed E-state index contributed by atoms with van der Waals surface area (Å²) in [5.41, 5.74) is 8.76. The molecule has 2 aromatic carbocycles. The van der Waals surface area contributed by atoms with Gasteiger partial charge in [0.1, 0.15) is 0 Å². The van der Waals surface area contributed by atoms with Crippen molar-refractivity contribution in [2.45, 2.75) is 17.6 Å². The average molecular weight is 273 g/mol. The van der Waals surface area contributed by atoms with Gasteiger partial charge in [-0.3, -0.25) is 0 Å². The van der Waals surface area contributed by atoms with Crippen LogP contribution in [0.4, 0.5) is 5.69 Å². The lowest BCUT2D eigenvalue weighted by atomic mass is 10.1. The number of thioether (sulfide) groups is 1. The molecule has 0 aliphatic carbocycles. The van der Waals surface area contributed by atoms with E-state index < -0.39 is 5.97 Å². The van der Waals surface area contributed by atoms with Crippen molar-refractivity contribution in [3.63, 3.8) is 0 Å². The molecule has 0 heterocycles. The molecule has 2 aromatic rings. The minimum atomic E-state index is -0.884. The van der Waals surface area contributed by atoms with Crippen molar-refractivity contribution in [2.24, 2.45) is 0 Å². The topological polar surface area (TPSA) is 63.3 Å². The number of anilines is 1. The Morgan fingerprint density at radius 3 is 2.68 bits per heavy atom. The van der Waals surface area contributed by atoms with Crippen LogP contribution in [0.5, 0.6) is 0 Å². The number of hydrogen-bond acceptors (Lipinski definition) is 3. The molecular formula is C15H15NO2S. The second-order valence-electron chi connectivity index (χ2n) is 4.28. The Kier molecular flexibility index (Phi) is 4.12. The van der Waals surface area contributed by atoms with Gasteiger partial charge in [0.05, 0.1) is 5.56 Å². The van der Waals surface area contributed by atoms with Crippen molar-refractivity contribution in [3.8, 4) is 0 Å². The molecule has 0 unspecified atom stereocenters. The van der Waals surface area contributed by atoms with Gasteiger partial charge in [0, 0.05) is 16.3 Å². The van der Waals surface area contributed by atoms with Crippen molar-refractivity contribution in [1.29, 1.82) is 0 Å². The minimum Gasteiger partial charge on any atom is -0.478 e. The molecule has 3 nitrogen and oxygen atoms in total. The SMILES string of the molecule is Cc1cc(N)ccc1SCc1ccccc1C(=O)O. The van der Waals surface area contributed by atoms with E-state index in [1.807, 2.05) is 37.3 Å². The van der Waals surface area contributed by atoms with Crippen LogP contribution < -0.4 is 5.73 Å². The number of nitrogen functional groups attached to an aromatic ring is 1. The molecule has 0 aliphatic heterocycles. The second-order valence-corrected chi connectivity index (χ2v) is 5.29. The Balaban J connectivity index is 2.17. The van der Waals surface area contributed by atoms with Crippen molar-refractivity contribution >= 4 is 23.4 Å². The number of aryl methyl sites for hydroxylation is 1. The monoisotopic (exact) mass is 273 g/mol. The first kappa shape index (κ1) is 13.5. The zero-order valence-electron chi connectivity index (χ0n) is 10.6. The second kappa shape index (κ2) is 5.80. The van der Waals surface area contributed by atoms with Gasteiger partial charge in [-0.15, -0.1) is 11.8 Å². The van der Waals surface area contributed by atoms with E-state index in [-0.39, 0.29) is 0 Å². The number of carboxylic acids is 1. The molecule has 19 heavy (non-hydrogen) atoms. The van der Waals surface area contributed by atoms with Crippen LogP contribution in [0.3, 0.4) is 0 Å². The molecule has 0 saturated carbocycles. The molecule has 0 aromatic heterocycles. The molecule has 0 radical (unpaired) electrons. The van der Waals surface area contributed by atoms with Gasteiger partial charge >= 0.3 is 5.97 Å².